The number of nitrogens with zero attached hydrogens (tertiary/aromatic N) is 2. The van der Waals surface area contributed by atoms with Crippen molar-refractivity contribution in [2.24, 2.45) is 4.99 Å². The zero-order valence-electron chi connectivity index (χ0n) is 17.0. The summed E-state index contributed by atoms with van der Waals surface area (Å²) >= 11 is 0. The predicted molar refractivity (Wildman–Crippen MR) is 112 cm³/mol. The van der Waals surface area contributed by atoms with E-state index in [9.17, 15) is 8.78 Å². The molecule has 5 nitrogen and oxygen atoms in total. The summed E-state index contributed by atoms with van der Waals surface area (Å²) in [5, 5.41) is 6.34. The van der Waals surface area contributed by atoms with Gasteiger partial charge in [-0.3, -0.25) is 0 Å². The van der Waals surface area contributed by atoms with Crippen molar-refractivity contribution < 1.29 is 13.5 Å². The maximum atomic E-state index is 14.5. The van der Waals surface area contributed by atoms with Crippen LogP contribution < -0.4 is 15.5 Å². The van der Waals surface area contributed by atoms with Crippen LogP contribution in [0.2, 0.25) is 0 Å². The molecule has 0 aromatic heterocycles. The van der Waals surface area contributed by atoms with E-state index in [0.29, 0.717) is 63.1 Å². The van der Waals surface area contributed by atoms with Gasteiger partial charge >= 0.3 is 0 Å². The van der Waals surface area contributed by atoms with Crippen molar-refractivity contribution in [3.8, 4) is 0 Å². The number of aliphatic imine (C=N–C) groups is 1. The standard InChI is InChI=1S/C22H28F2N4O/c1-3-25-22(26-14-17-5-4-16(2)19(23)12-17)27-15-18-6-7-21(20(24)13-18)28-8-10-29-11-9-28/h4-7,12-13H,3,8-11,14-15H2,1-2H3,(H2,25,26,27). The van der Waals surface area contributed by atoms with Crippen LogP contribution in [0.4, 0.5) is 14.5 Å². The molecule has 156 valence electrons. The van der Waals surface area contributed by atoms with Gasteiger partial charge in [-0.25, -0.2) is 13.8 Å². The van der Waals surface area contributed by atoms with Crippen molar-refractivity contribution in [2.45, 2.75) is 26.9 Å². The summed E-state index contributed by atoms with van der Waals surface area (Å²) in [4.78, 5) is 6.52. The maximum Gasteiger partial charge on any atom is 0.191 e. The monoisotopic (exact) mass is 402 g/mol. The van der Waals surface area contributed by atoms with E-state index in [4.69, 9.17) is 4.74 Å². The Balaban J connectivity index is 1.63. The molecular weight excluding hydrogens is 374 g/mol. The Morgan fingerprint density at radius 3 is 2.45 bits per heavy atom. The van der Waals surface area contributed by atoms with E-state index in [1.54, 1.807) is 19.1 Å². The molecule has 0 saturated carbocycles. The molecular formula is C22H28F2N4O. The van der Waals surface area contributed by atoms with Gasteiger partial charge in [0, 0.05) is 26.2 Å². The van der Waals surface area contributed by atoms with Crippen LogP contribution in [0.3, 0.4) is 0 Å². The van der Waals surface area contributed by atoms with Crippen LogP contribution >= 0.6 is 0 Å². The average molecular weight is 402 g/mol. The number of hydrogen-bond donors (Lipinski definition) is 2. The molecule has 7 heteroatoms. The first-order chi connectivity index (χ1) is 14.1. The summed E-state index contributed by atoms with van der Waals surface area (Å²) in [6.45, 7) is 7.83. The fraction of sp³-hybridized carbons (Fsp3) is 0.409. The highest BCUT2D eigenvalue weighted by molar-refractivity contribution is 5.79. The third-order valence-corrected chi connectivity index (χ3v) is 4.82. The molecule has 29 heavy (non-hydrogen) atoms. The average Bonchev–Trinajstić information content (AvgIpc) is 2.73. The zero-order valence-corrected chi connectivity index (χ0v) is 17.0. The highest BCUT2D eigenvalue weighted by atomic mass is 19.1. The Morgan fingerprint density at radius 2 is 1.76 bits per heavy atom. The van der Waals surface area contributed by atoms with Gasteiger partial charge in [-0.15, -0.1) is 0 Å². The Kier molecular flexibility index (Phi) is 7.41. The molecule has 0 unspecified atom stereocenters. The minimum absolute atomic E-state index is 0.220. The first-order valence-corrected chi connectivity index (χ1v) is 9.95. The molecule has 0 atom stereocenters. The van der Waals surface area contributed by atoms with Crippen molar-refractivity contribution in [1.29, 1.82) is 0 Å². The quantitative estimate of drug-likeness (QED) is 0.575. The van der Waals surface area contributed by atoms with E-state index in [-0.39, 0.29) is 11.6 Å². The minimum Gasteiger partial charge on any atom is -0.378 e. The number of nitrogens with one attached hydrogen (secondary N) is 2. The number of aryl methyl sites for hydroxylation is 1. The fourth-order valence-corrected chi connectivity index (χ4v) is 3.15. The van der Waals surface area contributed by atoms with Crippen LogP contribution in [0, 0.1) is 18.6 Å². The van der Waals surface area contributed by atoms with Gasteiger partial charge < -0.3 is 20.3 Å². The number of ether oxygens (including phenoxy) is 1. The van der Waals surface area contributed by atoms with Gasteiger partial charge in [-0.05, 0) is 48.7 Å². The summed E-state index contributed by atoms with van der Waals surface area (Å²) in [6.07, 6.45) is 0. The second kappa shape index (κ2) is 10.2. The lowest BCUT2D eigenvalue weighted by Crippen LogP contribution is -2.37. The predicted octanol–water partition coefficient (Wildman–Crippen LogP) is 3.37. The number of rotatable bonds is 6. The molecule has 1 aliphatic heterocycles. The van der Waals surface area contributed by atoms with Gasteiger partial charge in [0.1, 0.15) is 11.6 Å². The van der Waals surface area contributed by atoms with Crippen LogP contribution in [-0.2, 0) is 17.8 Å². The molecule has 0 radical (unpaired) electrons. The SMILES string of the molecule is CCNC(=NCc1ccc(N2CCOCC2)c(F)c1)NCc1ccc(C)c(F)c1. The highest BCUT2D eigenvalue weighted by Crippen LogP contribution is 2.22. The summed E-state index contributed by atoms with van der Waals surface area (Å²) < 4.78 is 33.6. The summed E-state index contributed by atoms with van der Waals surface area (Å²) in [5.74, 6) is 0.140. The zero-order chi connectivity index (χ0) is 20.6. The molecule has 0 aliphatic carbocycles. The molecule has 2 aromatic carbocycles. The van der Waals surface area contributed by atoms with E-state index < -0.39 is 0 Å². The number of guanidine groups is 1. The van der Waals surface area contributed by atoms with Crippen LogP contribution in [0.1, 0.15) is 23.6 Å². The number of halogens is 2. The Bertz CT molecular complexity index is 851. The summed E-state index contributed by atoms with van der Waals surface area (Å²) in [6, 6.07) is 10.4. The second-order valence-corrected chi connectivity index (χ2v) is 7.02. The van der Waals surface area contributed by atoms with Crippen LogP contribution in [-0.4, -0.2) is 38.8 Å². The smallest absolute Gasteiger partial charge is 0.191 e. The lowest BCUT2D eigenvalue weighted by atomic mass is 10.1. The molecule has 2 aromatic rings. The van der Waals surface area contributed by atoms with E-state index in [1.807, 2.05) is 24.0 Å². The Morgan fingerprint density at radius 1 is 1.03 bits per heavy atom. The van der Waals surface area contributed by atoms with Crippen molar-refractivity contribution >= 4 is 11.6 Å². The van der Waals surface area contributed by atoms with E-state index >= 15 is 0 Å². The van der Waals surface area contributed by atoms with Crippen molar-refractivity contribution in [3.63, 3.8) is 0 Å². The normalized spacial score (nSPS) is 14.8. The molecule has 0 spiro atoms. The van der Waals surface area contributed by atoms with Crippen molar-refractivity contribution in [3.05, 3.63) is 64.7 Å². The Labute approximate surface area is 170 Å². The van der Waals surface area contributed by atoms with Crippen LogP contribution in [0.15, 0.2) is 41.4 Å². The first kappa shape index (κ1) is 21.0. The summed E-state index contributed by atoms with van der Waals surface area (Å²) in [7, 11) is 0. The van der Waals surface area contributed by atoms with Crippen molar-refractivity contribution in [1.82, 2.24) is 10.6 Å². The van der Waals surface area contributed by atoms with Crippen LogP contribution in [0.25, 0.3) is 0 Å². The molecule has 0 amide bonds. The summed E-state index contributed by atoms with van der Waals surface area (Å²) in [5.41, 5.74) is 2.85. The molecule has 1 aliphatic rings. The minimum atomic E-state index is -0.243. The first-order valence-electron chi connectivity index (χ1n) is 9.95. The number of benzene rings is 2. The van der Waals surface area contributed by atoms with Gasteiger partial charge in [0.25, 0.3) is 0 Å². The maximum absolute atomic E-state index is 14.5. The lowest BCUT2D eigenvalue weighted by molar-refractivity contribution is 0.122. The van der Waals surface area contributed by atoms with Gasteiger partial charge in [0.2, 0.25) is 0 Å². The van der Waals surface area contributed by atoms with E-state index in [2.05, 4.69) is 15.6 Å². The van der Waals surface area contributed by atoms with E-state index in [0.717, 1.165) is 11.1 Å². The van der Waals surface area contributed by atoms with Crippen LogP contribution in [0.5, 0.6) is 0 Å². The van der Waals surface area contributed by atoms with Gasteiger partial charge in [-0.1, -0.05) is 18.2 Å². The fourth-order valence-electron chi connectivity index (χ4n) is 3.15. The largest absolute Gasteiger partial charge is 0.378 e. The third kappa shape index (κ3) is 5.90. The number of anilines is 1. The lowest BCUT2D eigenvalue weighted by Gasteiger charge is -2.29. The number of hydrogen-bond acceptors (Lipinski definition) is 3. The van der Waals surface area contributed by atoms with Crippen molar-refractivity contribution in [2.75, 3.05) is 37.7 Å². The molecule has 1 fully saturated rings. The van der Waals surface area contributed by atoms with Gasteiger partial charge in [0.05, 0.1) is 25.4 Å². The van der Waals surface area contributed by atoms with E-state index in [1.165, 1.54) is 12.1 Å². The highest BCUT2D eigenvalue weighted by Gasteiger charge is 2.15. The third-order valence-electron chi connectivity index (χ3n) is 4.82. The topological polar surface area (TPSA) is 48.9 Å². The molecule has 1 saturated heterocycles. The molecule has 2 N–H and O–H groups in total. The van der Waals surface area contributed by atoms with Gasteiger partial charge in [0.15, 0.2) is 5.96 Å². The number of morpholine rings is 1. The molecule has 3 rings (SSSR count). The molecule has 0 bridgehead atoms. The van der Waals surface area contributed by atoms with Gasteiger partial charge in [-0.2, -0.15) is 0 Å². The Hall–Kier alpha value is -2.67. The second-order valence-electron chi connectivity index (χ2n) is 7.02. The molecule has 1 heterocycles.